The number of aliphatic carboxylic acids is 1. The fourth-order valence-corrected chi connectivity index (χ4v) is 2.46. The van der Waals surface area contributed by atoms with Crippen LogP contribution in [-0.2, 0) is 9.36 Å². The van der Waals surface area contributed by atoms with Crippen LogP contribution in [0.3, 0.4) is 0 Å². The van der Waals surface area contributed by atoms with Gasteiger partial charge in [0.1, 0.15) is 0 Å². The van der Waals surface area contributed by atoms with Crippen LogP contribution in [0.4, 0.5) is 0 Å². The highest BCUT2D eigenvalue weighted by atomic mass is 31.1. The van der Waals surface area contributed by atoms with E-state index in [4.69, 9.17) is 5.11 Å². The molecule has 0 rings (SSSR count). The maximum absolute atomic E-state index is 11.0. The van der Waals surface area contributed by atoms with Gasteiger partial charge in [-0.3, -0.25) is 9.36 Å². The molecule has 0 bridgehead atoms. The third-order valence-electron chi connectivity index (χ3n) is 2.51. The monoisotopic (exact) mass is 218 g/mol. The molecule has 3 nitrogen and oxygen atoms in total. The largest absolute Gasteiger partial charge is 0.481 e. The van der Waals surface area contributed by atoms with Crippen molar-refractivity contribution < 1.29 is 14.5 Å². The molecule has 0 aromatic carbocycles. The molecule has 0 heterocycles. The van der Waals surface area contributed by atoms with E-state index in [9.17, 15) is 9.36 Å². The highest BCUT2D eigenvalue weighted by Gasteiger charge is 2.40. The molecule has 1 unspecified atom stereocenters. The van der Waals surface area contributed by atoms with Gasteiger partial charge in [-0.2, -0.15) is 0 Å². The van der Waals surface area contributed by atoms with E-state index in [2.05, 4.69) is 0 Å². The molecule has 4 heteroatoms. The average molecular weight is 218 g/mol. The first-order chi connectivity index (χ1) is 6.11. The number of carboxylic acid groups (broad SMARTS) is 1. The molecule has 0 spiro atoms. The van der Waals surface area contributed by atoms with Crippen LogP contribution in [0.15, 0.2) is 0 Å². The van der Waals surface area contributed by atoms with Gasteiger partial charge in [0.2, 0.25) is 0 Å². The molecule has 82 valence electrons. The fourth-order valence-electron chi connectivity index (χ4n) is 1.85. The number of hydrogen-bond donors (Lipinski definition) is 1. The van der Waals surface area contributed by atoms with Gasteiger partial charge in [-0.25, -0.2) is 0 Å². The summed E-state index contributed by atoms with van der Waals surface area (Å²) in [6, 6.07) is 0. The minimum Gasteiger partial charge on any atom is -0.481 e. The Hall–Kier alpha value is -0.430. The summed E-state index contributed by atoms with van der Waals surface area (Å²) in [5.41, 5.74) is -0.153. The smallest absolute Gasteiger partial charge is 0.303 e. The first kappa shape index (κ1) is 13.6. The zero-order valence-electron chi connectivity index (χ0n) is 9.50. The topological polar surface area (TPSA) is 54.4 Å². The molecule has 14 heavy (non-hydrogen) atoms. The number of hydrogen-bond acceptors (Lipinski definition) is 2. The lowest BCUT2D eigenvalue weighted by atomic mass is 9.72. The van der Waals surface area contributed by atoms with Crippen molar-refractivity contribution in [2.75, 3.05) is 0 Å². The van der Waals surface area contributed by atoms with E-state index in [-0.39, 0.29) is 26.2 Å². The van der Waals surface area contributed by atoms with Gasteiger partial charge in [0.25, 0.3) is 0 Å². The molecule has 0 saturated heterocycles. The van der Waals surface area contributed by atoms with Crippen LogP contribution in [0.5, 0.6) is 0 Å². The van der Waals surface area contributed by atoms with Crippen molar-refractivity contribution in [3.05, 3.63) is 0 Å². The third kappa shape index (κ3) is 3.75. The summed E-state index contributed by atoms with van der Waals surface area (Å²) in [7, 11) is 0.00763. The molecular formula is C10H19O3P. The lowest BCUT2D eigenvalue weighted by molar-refractivity contribution is -0.139. The molecule has 0 aromatic rings. The van der Waals surface area contributed by atoms with Gasteiger partial charge in [0.15, 0.2) is 8.46 Å². The number of carbonyl (C=O) groups is 1. The molecule has 0 aliphatic heterocycles. The van der Waals surface area contributed by atoms with Gasteiger partial charge in [-0.1, -0.05) is 20.8 Å². The van der Waals surface area contributed by atoms with Crippen molar-refractivity contribution in [1.82, 2.24) is 0 Å². The predicted molar refractivity (Wildman–Crippen MR) is 56.9 cm³/mol. The van der Waals surface area contributed by atoms with Gasteiger partial charge in [0, 0.05) is 11.6 Å². The Balaban J connectivity index is 4.91. The lowest BCUT2D eigenvalue weighted by Gasteiger charge is -2.37. The van der Waals surface area contributed by atoms with Gasteiger partial charge in [-0.05, 0) is 25.2 Å². The molecule has 1 atom stereocenters. The molecule has 0 radical (unpaired) electrons. The van der Waals surface area contributed by atoms with Crippen LogP contribution >= 0.6 is 8.46 Å². The zero-order valence-corrected chi connectivity index (χ0v) is 10.4. The molecule has 0 aliphatic carbocycles. The SMILES string of the molecule is CC(C)(C)C(CC(=O)O)C(C)(C)P=O. The van der Waals surface area contributed by atoms with Crippen LogP contribution in [-0.4, -0.2) is 16.2 Å². The first-order valence-electron chi connectivity index (χ1n) is 4.67. The normalized spacial score (nSPS) is 15.5. The summed E-state index contributed by atoms with van der Waals surface area (Å²) in [5.74, 6) is -0.937. The highest BCUT2D eigenvalue weighted by molar-refractivity contribution is 7.25. The van der Waals surface area contributed by atoms with Crippen molar-refractivity contribution in [2.24, 2.45) is 11.3 Å². The summed E-state index contributed by atoms with van der Waals surface area (Å²) < 4.78 is 11.0. The molecule has 0 amide bonds. The second-order valence-corrected chi connectivity index (χ2v) is 6.60. The van der Waals surface area contributed by atoms with E-state index in [1.54, 1.807) is 0 Å². The van der Waals surface area contributed by atoms with E-state index in [1.807, 2.05) is 34.6 Å². The maximum Gasteiger partial charge on any atom is 0.303 e. The molecule has 0 aliphatic rings. The Kier molecular flexibility index (Phi) is 4.26. The van der Waals surface area contributed by atoms with Gasteiger partial charge < -0.3 is 5.11 Å². The lowest BCUT2D eigenvalue weighted by Crippen LogP contribution is -2.37. The van der Waals surface area contributed by atoms with E-state index in [0.29, 0.717) is 0 Å². The summed E-state index contributed by atoms with van der Waals surface area (Å²) >= 11 is 0. The Labute approximate surface area is 87.1 Å². The van der Waals surface area contributed by atoms with E-state index < -0.39 is 11.1 Å². The molecule has 0 saturated carbocycles. The molecule has 0 aromatic heterocycles. The quantitative estimate of drug-likeness (QED) is 0.737. The fraction of sp³-hybridized carbons (Fsp3) is 0.900. The number of rotatable bonds is 4. The Morgan fingerprint density at radius 2 is 1.71 bits per heavy atom. The molecule has 1 N–H and O–H groups in total. The number of carboxylic acids is 1. The zero-order chi connectivity index (χ0) is 11.6. The minimum absolute atomic E-state index is 0.00763. The van der Waals surface area contributed by atoms with Gasteiger partial charge >= 0.3 is 5.97 Å². The van der Waals surface area contributed by atoms with Crippen LogP contribution < -0.4 is 0 Å². The van der Waals surface area contributed by atoms with E-state index in [1.165, 1.54) is 0 Å². The van der Waals surface area contributed by atoms with Crippen molar-refractivity contribution in [1.29, 1.82) is 0 Å². The maximum atomic E-state index is 11.0. The predicted octanol–water partition coefficient (Wildman–Crippen LogP) is 3.19. The van der Waals surface area contributed by atoms with Gasteiger partial charge in [-0.15, -0.1) is 0 Å². The molecular weight excluding hydrogens is 199 g/mol. The van der Waals surface area contributed by atoms with Gasteiger partial charge in [0.05, 0.1) is 0 Å². The summed E-state index contributed by atoms with van der Waals surface area (Å²) in [4.78, 5) is 10.7. The van der Waals surface area contributed by atoms with Crippen molar-refractivity contribution >= 4 is 14.4 Å². The Morgan fingerprint density at radius 3 is 1.93 bits per heavy atom. The van der Waals surface area contributed by atoms with Crippen molar-refractivity contribution in [2.45, 2.75) is 46.2 Å². The van der Waals surface area contributed by atoms with Crippen LogP contribution in [0.1, 0.15) is 41.0 Å². The van der Waals surface area contributed by atoms with E-state index in [0.717, 1.165) is 0 Å². The second-order valence-electron chi connectivity index (χ2n) is 5.26. The van der Waals surface area contributed by atoms with Crippen LogP contribution in [0, 0.1) is 11.3 Å². The van der Waals surface area contributed by atoms with Crippen LogP contribution in [0.25, 0.3) is 0 Å². The molecule has 0 fully saturated rings. The second kappa shape index (κ2) is 4.39. The third-order valence-corrected chi connectivity index (χ3v) is 3.29. The van der Waals surface area contributed by atoms with Crippen LogP contribution in [0.2, 0.25) is 0 Å². The van der Waals surface area contributed by atoms with E-state index >= 15 is 0 Å². The Morgan fingerprint density at radius 1 is 1.29 bits per heavy atom. The summed E-state index contributed by atoms with van der Waals surface area (Å²) in [6.45, 7) is 9.61. The van der Waals surface area contributed by atoms with Crippen molar-refractivity contribution in [3.8, 4) is 0 Å². The standard InChI is InChI=1S/C10H19O3P/c1-9(2,3)7(6-8(11)12)10(4,5)14-13/h7H,6H2,1-5H3,(H,11,12). The Bertz CT molecular complexity index is 228. The minimum atomic E-state index is -0.832. The average Bonchev–Trinajstić information content (AvgIpc) is 1.98. The highest BCUT2D eigenvalue weighted by Crippen LogP contribution is 2.43. The van der Waals surface area contributed by atoms with Crippen molar-refractivity contribution in [3.63, 3.8) is 0 Å². The summed E-state index contributed by atoms with van der Waals surface area (Å²) in [6.07, 6.45) is 0.0612. The summed E-state index contributed by atoms with van der Waals surface area (Å²) in [5, 5.41) is 8.31. The first-order valence-corrected chi connectivity index (χ1v) is 5.49.